The second-order valence-corrected chi connectivity index (χ2v) is 7.57. The van der Waals surface area contributed by atoms with E-state index in [1.54, 1.807) is 11.8 Å². The molecule has 114 valence electrons. The smallest absolute Gasteiger partial charge is 0.103 e. The zero-order valence-electron chi connectivity index (χ0n) is 13.2. The van der Waals surface area contributed by atoms with Crippen molar-refractivity contribution in [2.75, 3.05) is 0 Å². The molecule has 2 rings (SSSR count). The number of halogens is 1. The van der Waals surface area contributed by atoms with Crippen molar-refractivity contribution < 1.29 is 0 Å². The average molecular weight is 324 g/mol. The highest BCUT2D eigenvalue weighted by molar-refractivity contribution is 7.99. The number of nitrogens with one attached hydrogen (secondary N) is 1. The molecule has 0 unspecified atom stereocenters. The molecule has 3 nitrogen and oxygen atoms in total. The fourth-order valence-corrected chi connectivity index (χ4v) is 3.29. The number of aromatic nitrogens is 2. The zero-order valence-corrected chi connectivity index (χ0v) is 14.8. The van der Waals surface area contributed by atoms with Gasteiger partial charge in [0.25, 0.3) is 0 Å². The van der Waals surface area contributed by atoms with Gasteiger partial charge in [-0.3, -0.25) is 4.68 Å². The van der Waals surface area contributed by atoms with E-state index in [1.807, 2.05) is 36.0 Å². The number of benzene rings is 1. The molecule has 0 aliphatic rings. The average Bonchev–Trinajstić information content (AvgIpc) is 2.63. The van der Waals surface area contributed by atoms with Crippen molar-refractivity contribution in [1.82, 2.24) is 15.1 Å². The van der Waals surface area contributed by atoms with Crippen molar-refractivity contribution >= 4 is 23.4 Å². The third kappa shape index (κ3) is 4.25. The summed E-state index contributed by atoms with van der Waals surface area (Å²) >= 11 is 7.94. The number of nitrogens with zero attached hydrogens (tertiary/aromatic N) is 2. The molecule has 21 heavy (non-hydrogen) atoms. The summed E-state index contributed by atoms with van der Waals surface area (Å²) in [7, 11) is 1.98. The van der Waals surface area contributed by atoms with Crippen LogP contribution in [-0.2, 0) is 13.6 Å². The molecule has 0 spiro atoms. The molecule has 1 aromatic heterocycles. The van der Waals surface area contributed by atoms with Gasteiger partial charge >= 0.3 is 0 Å². The summed E-state index contributed by atoms with van der Waals surface area (Å²) in [6.07, 6.45) is 0. The van der Waals surface area contributed by atoms with Crippen molar-refractivity contribution in [3.8, 4) is 0 Å². The lowest BCUT2D eigenvalue weighted by molar-refractivity contribution is 0.421. The van der Waals surface area contributed by atoms with Crippen molar-refractivity contribution in [3.63, 3.8) is 0 Å². The summed E-state index contributed by atoms with van der Waals surface area (Å²) in [5, 5.41) is 9.99. The predicted octanol–water partition coefficient (Wildman–Crippen LogP) is 4.42. The van der Waals surface area contributed by atoms with E-state index in [1.165, 1.54) is 5.56 Å². The van der Waals surface area contributed by atoms with Crippen molar-refractivity contribution in [2.45, 2.75) is 49.7 Å². The van der Waals surface area contributed by atoms with Crippen LogP contribution in [0.4, 0.5) is 0 Å². The van der Waals surface area contributed by atoms with Gasteiger partial charge in [-0.25, -0.2) is 0 Å². The van der Waals surface area contributed by atoms with E-state index in [0.717, 1.165) is 27.2 Å². The van der Waals surface area contributed by atoms with Crippen LogP contribution in [0.1, 0.15) is 32.0 Å². The first kappa shape index (κ1) is 16.4. The normalized spacial score (nSPS) is 11.9. The standard InChI is InChI=1S/C16H22ClN3S/c1-11-12(10-18-16(2,3)4)15(20(5)19-11)21-14-9-7-6-8-13(14)17/h6-9,18H,10H2,1-5H3. The van der Waals surface area contributed by atoms with Crippen LogP contribution >= 0.6 is 23.4 Å². The maximum Gasteiger partial charge on any atom is 0.103 e. The minimum atomic E-state index is 0.0780. The van der Waals surface area contributed by atoms with Crippen LogP contribution in [-0.4, -0.2) is 15.3 Å². The summed E-state index contributed by atoms with van der Waals surface area (Å²) in [6.45, 7) is 9.35. The Kier molecular flexibility index (Phi) is 5.02. The van der Waals surface area contributed by atoms with Gasteiger partial charge < -0.3 is 5.32 Å². The molecule has 1 aromatic carbocycles. The Morgan fingerprint density at radius 1 is 1.29 bits per heavy atom. The van der Waals surface area contributed by atoms with Crippen LogP contribution in [0.3, 0.4) is 0 Å². The third-order valence-electron chi connectivity index (χ3n) is 3.13. The van der Waals surface area contributed by atoms with E-state index in [-0.39, 0.29) is 5.54 Å². The van der Waals surface area contributed by atoms with E-state index < -0.39 is 0 Å². The molecular formula is C16H22ClN3S. The largest absolute Gasteiger partial charge is 0.308 e. The highest BCUT2D eigenvalue weighted by Gasteiger charge is 2.18. The maximum atomic E-state index is 6.27. The molecule has 0 atom stereocenters. The molecule has 0 amide bonds. The fraction of sp³-hybridized carbons (Fsp3) is 0.438. The molecule has 5 heteroatoms. The first-order valence-corrected chi connectivity index (χ1v) is 8.17. The van der Waals surface area contributed by atoms with Gasteiger partial charge in [0.1, 0.15) is 5.03 Å². The summed E-state index contributed by atoms with van der Waals surface area (Å²) in [4.78, 5) is 1.05. The zero-order chi connectivity index (χ0) is 15.6. The van der Waals surface area contributed by atoms with E-state index in [0.29, 0.717) is 0 Å². The highest BCUT2D eigenvalue weighted by Crippen LogP contribution is 2.35. The Bertz CT molecular complexity index is 629. The summed E-state index contributed by atoms with van der Waals surface area (Å²) in [5.41, 5.74) is 2.37. The molecular weight excluding hydrogens is 302 g/mol. The summed E-state index contributed by atoms with van der Waals surface area (Å²) in [6, 6.07) is 7.91. The second-order valence-electron chi connectivity index (χ2n) is 6.13. The predicted molar refractivity (Wildman–Crippen MR) is 90.1 cm³/mol. The Hall–Kier alpha value is -0.970. The molecule has 1 N–H and O–H groups in total. The number of hydrogen-bond donors (Lipinski definition) is 1. The number of rotatable bonds is 4. The highest BCUT2D eigenvalue weighted by atomic mass is 35.5. The Morgan fingerprint density at radius 3 is 2.57 bits per heavy atom. The van der Waals surface area contributed by atoms with Gasteiger partial charge in [-0.05, 0) is 39.8 Å². The van der Waals surface area contributed by atoms with Crippen LogP contribution in [0.2, 0.25) is 5.02 Å². The van der Waals surface area contributed by atoms with Crippen LogP contribution in [0.25, 0.3) is 0 Å². The van der Waals surface area contributed by atoms with Crippen LogP contribution < -0.4 is 5.32 Å². The molecule has 0 aliphatic carbocycles. The molecule has 2 aromatic rings. The van der Waals surface area contributed by atoms with E-state index in [4.69, 9.17) is 11.6 Å². The van der Waals surface area contributed by atoms with Crippen molar-refractivity contribution in [2.24, 2.45) is 7.05 Å². The molecule has 0 saturated heterocycles. The van der Waals surface area contributed by atoms with Gasteiger partial charge in [-0.2, -0.15) is 5.10 Å². The molecule has 0 saturated carbocycles. The van der Waals surface area contributed by atoms with Crippen LogP contribution in [0.15, 0.2) is 34.2 Å². The second kappa shape index (κ2) is 6.42. The van der Waals surface area contributed by atoms with Gasteiger partial charge in [0.05, 0.1) is 10.7 Å². The number of hydrogen-bond acceptors (Lipinski definition) is 3. The first-order valence-electron chi connectivity index (χ1n) is 6.98. The fourth-order valence-electron chi connectivity index (χ4n) is 2.00. The quantitative estimate of drug-likeness (QED) is 0.903. The monoisotopic (exact) mass is 323 g/mol. The van der Waals surface area contributed by atoms with Crippen molar-refractivity contribution in [1.29, 1.82) is 0 Å². The van der Waals surface area contributed by atoms with E-state index >= 15 is 0 Å². The first-order chi connectivity index (χ1) is 9.78. The lowest BCUT2D eigenvalue weighted by Crippen LogP contribution is -2.35. The molecule has 0 radical (unpaired) electrons. The molecule has 1 heterocycles. The topological polar surface area (TPSA) is 29.9 Å². The van der Waals surface area contributed by atoms with Gasteiger partial charge in [0.15, 0.2) is 0 Å². The minimum absolute atomic E-state index is 0.0780. The van der Waals surface area contributed by atoms with Gasteiger partial charge in [0.2, 0.25) is 0 Å². The summed E-state index contributed by atoms with van der Waals surface area (Å²) < 4.78 is 1.93. The SMILES string of the molecule is Cc1nn(C)c(Sc2ccccc2Cl)c1CNC(C)(C)C. The van der Waals surface area contributed by atoms with Gasteiger partial charge in [-0.15, -0.1) is 0 Å². The van der Waals surface area contributed by atoms with Gasteiger partial charge in [0, 0.05) is 29.6 Å². The third-order valence-corrected chi connectivity index (χ3v) is 4.85. The van der Waals surface area contributed by atoms with Crippen LogP contribution in [0.5, 0.6) is 0 Å². The minimum Gasteiger partial charge on any atom is -0.308 e. The van der Waals surface area contributed by atoms with E-state index in [2.05, 4.69) is 38.1 Å². The maximum absolute atomic E-state index is 6.27. The summed E-state index contributed by atoms with van der Waals surface area (Å²) in [5.74, 6) is 0. The van der Waals surface area contributed by atoms with E-state index in [9.17, 15) is 0 Å². The molecule has 0 bridgehead atoms. The molecule has 0 fully saturated rings. The lowest BCUT2D eigenvalue weighted by Gasteiger charge is -2.21. The Balaban J connectivity index is 2.29. The van der Waals surface area contributed by atoms with Crippen LogP contribution in [0, 0.1) is 6.92 Å². The van der Waals surface area contributed by atoms with Crippen molar-refractivity contribution in [3.05, 3.63) is 40.5 Å². The Morgan fingerprint density at radius 2 is 1.95 bits per heavy atom. The lowest BCUT2D eigenvalue weighted by atomic mass is 10.1. The van der Waals surface area contributed by atoms with Gasteiger partial charge in [-0.1, -0.05) is 35.5 Å². The number of aryl methyl sites for hydroxylation is 2. The molecule has 0 aliphatic heterocycles. The Labute approximate surface area is 136 Å².